The van der Waals surface area contributed by atoms with E-state index < -0.39 is 0 Å². The number of aromatic amines is 1. The lowest BCUT2D eigenvalue weighted by Crippen LogP contribution is -2.46. The lowest BCUT2D eigenvalue weighted by atomic mass is 9.94. The zero-order valence-electron chi connectivity index (χ0n) is 12.0. The van der Waals surface area contributed by atoms with Gasteiger partial charge in [-0.15, -0.1) is 0 Å². The number of H-pyrrole nitrogens is 1. The quantitative estimate of drug-likeness (QED) is 0.896. The molecular weight excluding hydrogens is 288 g/mol. The molecule has 2 aromatic rings. The number of aromatic nitrogens is 1. The highest BCUT2D eigenvalue weighted by atomic mass is 35.5. The maximum atomic E-state index is 12.7. The van der Waals surface area contributed by atoms with E-state index in [2.05, 4.69) is 11.9 Å². The zero-order chi connectivity index (χ0) is 15.0. The highest BCUT2D eigenvalue weighted by Crippen LogP contribution is 2.25. The summed E-state index contributed by atoms with van der Waals surface area (Å²) in [6.45, 7) is 2.82. The minimum Gasteiger partial charge on any atom is -0.396 e. The van der Waals surface area contributed by atoms with Crippen molar-refractivity contribution in [1.82, 2.24) is 9.88 Å². The first-order chi connectivity index (χ1) is 10.1. The number of nitrogens with zero attached hydrogens (tertiary/aromatic N) is 1. The lowest BCUT2D eigenvalue weighted by Gasteiger charge is -2.37. The summed E-state index contributed by atoms with van der Waals surface area (Å²) in [4.78, 5) is 17.7. The Labute approximate surface area is 128 Å². The van der Waals surface area contributed by atoms with Crippen LogP contribution in [0.4, 0.5) is 0 Å². The Kier molecular flexibility index (Phi) is 3.91. The molecule has 1 aliphatic rings. The molecule has 0 aliphatic carbocycles. The maximum absolute atomic E-state index is 12.7. The molecule has 1 aromatic carbocycles. The van der Waals surface area contributed by atoms with Crippen LogP contribution in [-0.2, 0) is 0 Å². The van der Waals surface area contributed by atoms with Gasteiger partial charge >= 0.3 is 0 Å². The van der Waals surface area contributed by atoms with Crippen LogP contribution >= 0.6 is 11.6 Å². The Morgan fingerprint density at radius 3 is 3.00 bits per heavy atom. The van der Waals surface area contributed by atoms with E-state index in [4.69, 9.17) is 11.6 Å². The van der Waals surface area contributed by atoms with Gasteiger partial charge in [0, 0.05) is 35.1 Å². The number of halogens is 1. The molecule has 2 N–H and O–H groups in total. The fourth-order valence-electron chi connectivity index (χ4n) is 2.99. The number of hydrogen-bond donors (Lipinski definition) is 2. The molecule has 0 bridgehead atoms. The summed E-state index contributed by atoms with van der Waals surface area (Å²) in [5, 5.41) is 10.9. The molecule has 5 heteroatoms. The first kappa shape index (κ1) is 14.4. The van der Waals surface area contributed by atoms with E-state index in [1.165, 1.54) is 0 Å². The molecule has 1 aliphatic heterocycles. The molecule has 1 saturated heterocycles. The van der Waals surface area contributed by atoms with Gasteiger partial charge in [0.2, 0.25) is 0 Å². The molecule has 0 saturated carbocycles. The number of likely N-dealkylation sites (tertiary alicyclic amines) is 1. The van der Waals surface area contributed by atoms with Crippen molar-refractivity contribution < 1.29 is 9.90 Å². The Morgan fingerprint density at radius 1 is 1.43 bits per heavy atom. The molecule has 112 valence electrons. The highest BCUT2D eigenvalue weighted by molar-refractivity contribution is 6.31. The van der Waals surface area contributed by atoms with E-state index >= 15 is 0 Å². The second kappa shape index (κ2) is 5.70. The van der Waals surface area contributed by atoms with Crippen molar-refractivity contribution in [2.45, 2.75) is 25.8 Å². The van der Waals surface area contributed by atoms with Gasteiger partial charge in [0.05, 0.1) is 0 Å². The number of amides is 1. The van der Waals surface area contributed by atoms with Gasteiger partial charge in [-0.25, -0.2) is 0 Å². The van der Waals surface area contributed by atoms with Gasteiger partial charge in [0.25, 0.3) is 5.91 Å². The molecule has 1 amide bonds. The van der Waals surface area contributed by atoms with Crippen molar-refractivity contribution >= 4 is 28.4 Å². The third kappa shape index (κ3) is 2.78. The van der Waals surface area contributed by atoms with Gasteiger partial charge in [-0.05, 0) is 49.9 Å². The van der Waals surface area contributed by atoms with Crippen molar-refractivity contribution in [2.75, 3.05) is 13.2 Å². The number of rotatable bonds is 2. The van der Waals surface area contributed by atoms with E-state index in [0.29, 0.717) is 17.3 Å². The van der Waals surface area contributed by atoms with Crippen LogP contribution in [0.1, 0.15) is 30.3 Å². The van der Waals surface area contributed by atoms with Gasteiger partial charge in [0.1, 0.15) is 5.69 Å². The van der Waals surface area contributed by atoms with Crippen LogP contribution in [0, 0.1) is 5.92 Å². The van der Waals surface area contributed by atoms with E-state index in [9.17, 15) is 9.90 Å². The van der Waals surface area contributed by atoms with Crippen LogP contribution in [0.15, 0.2) is 24.3 Å². The van der Waals surface area contributed by atoms with Crippen molar-refractivity contribution in [2.24, 2.45) is 5.92 Å². The van der Waals surface area contributed by atoms with Crippen LogP contribution in [0.3, 0.4) is 0 Å². The van der Waals surface area contributed by atoms with Crippen molar-refractivity contribution in [3.05, 3.63) is 35.0 Å². The number of fused-ring (bicyclic) bond motifs is 1. The average Bonchev–Trinajstić information content (AvgIpc) is 2.90. The second-order valence-corrected chi connectivity index (χ2v) is 6.28. The van der Waals surface area contributed by atoms with Crippen LogP contribution < -0.4 is 0 Å². The van der Waals surface area contributed by atoms with Crippen LogP contribution in [-0.4, -0.2) is 40.1 Å². The largest absolute Gasteiger partial charge is 0.396 e. The summed E-state index contributed by atoms with van der Waals surface area (Å²) >= 11 is 5.98. The molecule has 0 radical (unpaired) electrons. The molecule has 2 heterocycles. The van der Waals surface area contributed by atoms with Gasteiger partial charge in [-0.1, -0.05) is 11.6 Å². The average molecular weight is 307 g/mol. The minimum atomic E-state index is -0.00651. The normalized spacial score (nSPS) is 22.7. The van der Waals surface area contributed by atoms with E-state index in [0.717, 1.165) is 23.7 Å². The van der Waals surface area contributed by atoms with Gasteiger partial charge in [-0.3, -0.25) is 4.79 Å². The lowest BCUT2D eigenvalue weighted by molar-refractivity contribution is 0.0484. The topological polar surface area (TPSA) is 56.3 Å². The Morgan fingerprint density at radius 2 is 2.24 bits per heavy atom. The van der Waals surface area contributed by atoms with E-state index in [1.807, 2.05) is 23.1 Å². The monoisotopic (exact) mass is 306 g/mol. The smallest absolute Gasteiger partial charge is 0.270 e. The molecule has 2 unspecified atom stereocenters. The number of nitrogens with one attached hydrogen (secondary N) is 1. The molecule has 21 heavy (non-hydrogen) atoms. The van der Waals surface area contributed by atoms with Crippen LogP contribution in [0.2, 0.25) is 5.02 Å². The fraction of sp³-hybridized carbons (Fsp3) is 0.438. The fourth-order valence-corrected chi connectivity index (χ4v) is 3.17. The van der Waals surface area contributed by atoms with Gasteiger partial charge in [0.15, 0.2) is 0 Å². The molecule has 1 fully saturated rings. The van der Waals surface area contributed by atoms with E-state index in [1.54, 1.807) is 6.07 Å². The Balaban J connectivity index is 1.88. The predicted molar refractivity (Wildman–Crippen MR) is 83.6 cm³/mol. The van der Waals surface area contributed by atoms with Crippen molar-refractivity contribution in [3.8, 4) is 0 Å². The summed E-state index contributed by atoms with van der Waals surface area (Å²) in [6.07, 6.45) is 1.91. The summed E-state index contributed by atoms with van der Waals surface area (Å²) in [5.74, 6) is 0.178. The van der Waals surface area contributed by atoms with Gasteiger partial charge < -0.3 is 15.0 Å². The minimum absolute atomic E-state index is 0.00651. The molecule has 3 rings (SSSR count). The van der Waals surface area contributed by atoms with Crippen LogP contribution in [0.25, 0.3) is 10.9 Å². The molecule has 1 aromatic heterocycles. The summed E-state index contributed by atoms with van der Waals surface area (Å²) in [7, 11) is 0. The maximum Gasteiger partial charge on any atom is 0.270 e. The molecular formula is C16H19ClN2O2. The first-order valence-corrected chi connectivity index (χ1v) is 7.66. The van der Waals surface area contributed by atoms with Crippen LogP contribution in [0.5, 0.6) is 0 Å². The first-order valence-electron chi connectivity index (χ1n) is 7.28. The Hall–Kier alpha value is -1.52. The number of benzene rings is 1. The number of hydrogen-bond acceptors (Lipinski definition) is 2. The summed E-state index contributed by atoms with van der Waals surface area (Å²) in [6, 6.07) is 7.58. The molecule has 0 spiro atoms. The molecule has 4 nitrogen and oxygen atoms in total. The second-order valence-electron chi connectivity index (χ2n) is 5.85. The molecule has 2 atom stereocenters. The third-order valence-corrected chi connectivity index (χ3v) is 4.55. The summed E-state index contributed by atoms with van der Waals surface area (Å²) < 4.78 is 0. The number of aliphatic hydroxyl groups excluding tert-OH is 1. The van der Waals surface area contributed by atoms with Crippen molar-refractivity contribution in [1.29, 1.82) is 0 Å². The number of carbonyl (C=O) groups excluding carboxylic acids is 1. The Bertz CT molecular complexity index is 667. The van der Waals surface area contributed by atoms with E-state index in [-0.39, 0.29) is 24.5 Å². The zero-order valence-corrected chi connectivity index (χ0v) is 12.7. The third-order valence-electron chi connectivity index (χ3n) is 4.31. The number of piperidine rings is 1. The van der Waals surface area contributed by atoms with Crippen molar-refractivity contribution in [3.63, 3.8) is 0 Å². The highest BCUT2D eigenvalue weighted by Gasteiger charge is 2.29. The standard InChI is InChI=1S/C16H19ClN2O2/c1-10-2-3-11(9-20)8-19(10)16(21)15-7-12-6-13(17)4-5-14(12)18-15/h4-7,10-11,18,20H,2-3,8-9H2,1H3. The van der Waals surface area contributed by atoms with Gasteiger partial charge in [-0.2, -0.15) is 0 Å². The number of aliphatic hydroxyl groups is 1. The number of carbonyl (C=O) groups is 1. The predicted octanol–water partition coefficient (Wildman–Crippen LogP) is 3.05. The summed E-state index contributed by atoms with van der Waals surface area (Å²) in [5.41, 5.74) is 1.49. The SMILES string of the molecule is CC1CCC(CO)CN1C(=O)c1cc2cc(Cl)ccc2[nH]1.